The number of ether oxygens (including phenoxy) is 2. The first-order chi connectivity index (χ1) is 14.7. The number of ketones is 1. The van der Waals surface area contributed by atoms with Crippen molar-refractivity contribution in [1.29, 1.82) is 0 Å². The molecule has 2 aromatic carbocycles. The van der Waals surface area contributed by atoms with Crippen molar-refractivity contribution in [3.05, 3.63) is 58.1 Å². The van der Waals surface area contributed by atoms with Gasteiger partial charge in [-0.05, 0) is 35.9 Å². The Bertz CT molecular complexity index is 928. The lowest BCUT2D eigenvalue weighted by Crippen LogP contribution is -2.30. The topological polar surface area (TPSA) is 76.2 Å². The van der Waals surface area contributed by atoms with Crippen LogP contribution >= 0.6 is 15.9 Å². The zero-order chi connectivity index (χ0) is 23.0. The van der Waals surface area contributed by atoms with Gasteiger partial charge in [-0.3, -0.25) is 14.4 Å². The van der Waals surface area contributed by atoms with Gasteiger partial charge in [-0.15, -0.1) is 0 Å². The second-order valence-electron chi connectivity index (χ2n) is 7.24. The molecule has 0 saturated heterocycles. The van der Waals surface area contributed by atoms with Crippen LogP contribution in [0.2, 0.25) is 0 Å². The van der Waals surface area contributed by atoms with Gasteiger partial charge in [-0.2, -0.15) is 0 Å². The molecule has 0 unspecified atom stereocenters. The zero-order valence-corrected chi connectivity index (χ0v) is 19.8. The second-order valence-corrected chi connectivity index (χ2v) is 8.15. The largest absolute Gasteiger partial charge is 0.496 e. The number of anilines is 1. The minimum atomic E-state index is -0.598. The number of benzene rings is 2. The monoisotopic (exact) mass is 490 g/mol. The van der Waals surface area contributed by atoms with Crippen LogP contribution in [0.15, 0.2) is 46.9 Å². The predicted molar refractivity (Wildman–Crippen MR) is 122 cm³/mol. The molecule has 0 heterocycles. The highest BCUT2D eigenvalue weighted by molar-refractivity contribution is 9.10. The molecule has 0 saturated carbocycles. The molecule has 0 atom stereocenters. The van der Waals surface area contributed by atoms with E-state index in [4.69, 9.17) is 9.47 Å². The van der Waals surface area contributed by atoms with Gasteiger partial charge in [0.05, 0.1) is 19.1 Å². The van der Waals surface area contributed by atoms with Crippen LogP contribution in [0.25, 0.3) is 0 Å². The van der Waals surface area contributed by atoms with Gasteiger partial charge in [-0.1, -0.05) is 28.1 Å². The SMILES string of the molecule is COc1ccc(Br)cc1C(=O)CCC(=O)OCC(=O)N(C)Cc1ccc(N(C)C)cc1. The number of nitrogens with zero attached hydrogens (tertiary/aromatic N) is 2. The van der Waals surface area contributed by atoms with Crippen molar-refractivity contribution in [3.8, 4) is 5.75 Å². The highest BCUT2D eigenvalue weighted by Crippen LogP contribution is 2.24. The Labute approximate surface area is 191 Å². The fraction of sp³-hybridized carbons (Fsp3) is 0.348. The number of likely N-dealkylation sites (N-methyl/N-ethyl adjacent to an activating group) is 1. The summed E-state index contributed by atoms with van der Waals surface area (Å²) in [6.45, 7) is 0.0464. The first-order valence-electron chi connectivity index (χ1n) is 9.74. The van der Waals surface area contributed by atoms with E-state index in [1.165, 1.54) is 12.0 Å². The van der Waals surface area contributed by atoms with Crippen LogP contribution in [-0.4, -0.2) is 57.4 Å². The quantitative estimate of drug-likeness (QED) is 0.373. The van der Waals surface area contributed by atoms with E-state index in [0.717, 1.165) is 15.7 Å². The van der Waals surface area contributed by atoms with E-state index < -0.39 is 5.97 Å². The summed E-state index contributed by atoms with van der Waals surface area (Å²) in [5, 5.41) is 0. The molecule has 0 radical (unpaired) electrons. The number of halogens is 1. The number of rotatable bonds is 10. The van der Waals surface area contributed by atoms with E-state index in [-0.39, 0.29) is 31.1 Å². The summed E-state index contributed by atoms with van der Waals surface area (Å²) in [7, 11) is 7.05. The molecule has 8 heteroatoms. The maximum atomic E-state index is 12.4. The number of carbonyl (C=O) groups is 3. The Hall–Kier alpha value is -2.87. The molecule has 166 valence electrons. The highest BCUT2D eigenvalue weighted by atomic mass is 79.9. The summed E-state index contributed by atoms with van der Waals surface area (Å²) < 4.78 is 11.0. The Balaban J connectivity index is 1.79. The van der Waals surface area contributed by atoms with Crippen molar-refractivity contribution in [3.63, 3.8) is 0 Å². The Morgan fingerprint density at radius 1 is 0.968 bits per heavy atom. The summed E-state index contributed by atoms with van der Waals surface area (Å²) in [4.78, 5) is 40.2. The lowest BCUT2D eigenvalue weighted by molar-refractivity contribution is -0.151. The molecule has 0 N–H and O–H groups in total. The number of carbonyl (C=O) groups excluding carboxylic acids is 3. The molecule has 0 aliphatic rings. The third-order valence-corrected chi connectivity index (χ3v) is 5.17. The summed E-state index contributed by atoms with van der Waals surface area (Å²) in [6, 6.07) is 13.0. The van der Waals surface area contributed by atoms with Gasteiger partial charge >= 0.3 is 5.97 Å². The predicted octanol–water partition coefficient (Wildman–Crippen LogP) is 3.69. The standard InChI is InChI=1S/C23H27BrN2O5/c1-25(2)18-8-5-16(6-9-18)14-26(3)22(28)15-31-23(29)12-10-20(27)19-13-17(24)7-11-21(19)30-4/h5-9,11,13H,10,12,14-15H2,1-4H3. The van der Waals surface area contributed by atoms with Crippen molar-refractivity contribution in [2.24, 2.45) is 0 Å². The molecule has 0 aliphatic carbocycles. The van der Waals surface area contributed by atoms with Crippen molar-refractivity contribution >= 4 is 39.3 Å². The van der Waals surface area contributed by atoms with Crippen LogP contribution in [0.3, 0.4) is 0 Å². The molecule has 31 heavy (non-hydrogen) atoms. The zero-order valence-electron chi connectivity index (χ0n) is 18.2. The molecular weight excluding hydrogens is 464 g/mol. The third-order valence-electron chi connectivity index (χ3n) is 4.67. The first kappa shape index (κ1) is 24.4. The molecule has 0 fully saturated rings. The van der Waals surface area contributed by atoms with Crippen LogP contribution in [0.1, 0.15) is 28.8 Å². The lowest BCUT2D eigenvalue weighted by Gasteiger charge is -2.18. The van der Waals surface area contributed by atoms with E-state index in [1.54, 1.807) is 25.2 Å². The van der Waals surface area contributed by atoms with E-state index >= 15 is 0 Å². The van der Waals surface area contributed by atoms with E-state index in [2.05, 4.69) is 15.9 Å². The lowest BCUT2D eigenvalue weighted by atomic mass is 10.1. The van der Waals surface area contributed by atoms with Crippen LogP contribution in [0.5, 0.6) is 5.75 Å². The van der Waals surface area contributed by atoms with E-state index in [9.17, 15) is 14.4 Å². The van der Waals surface area contributed by atoms with E-state index in [0.29, 0.717) is 17.9 Å². The molecule has 1 amide bonds. The van der Waals surface area contributed by atoms with Crippen LogP contribution in [-0.2, 0) is 20.9 Å². The minimum absolute atomic E-state index is 0.0338. The average molecular weight is 491 g/mol. The maximum absolute atomic E-state index is 12.4. The van der Waals surface area contributed by atoms with Crippen LogP contribution in [0.4, 0.5) is 5.69 Å². The second kappa shape index (κ2) is 11.5. The van der Waals surface area contributed by atoms with Crippen molar-refractivity contribution < 1.29 is 23.9 Å². The minimum Gasteiger partial charge on any atom is -0.496 e. The van der Waals surface area contributed by atoms with Gasteiger partial charge in [-0.25, -0.2) is 0 Å². The number of esters is 1. The molecule has 0 spiro atoms. The molecule has 2 aromatic rings. The molecule has 0 aromatic heterocycles. The van der Waals surface area contributed by atoms with Gasteiger partial charge in [0.25, 0.3) is 5.91 Å². The number of amides is 1. The summed E-state index contributed by atoms with van der Waals surface area (Å²) in [5.41, 5.74) is 2.43. The van der Waals surface area contributed by atoms with E-state index in [1.807, 2.05) is 43.3 Å². The summed E-state index contributed by atoms with van der Waals surface area (Å²) in [5.74, 6) is -0.707. The number of Topliss-reactive ketones (excluding diaryl/α,β-unsaturated/α-hetero) is 1. The van der Waals surface area contributed by atoms with Gasteiger partial charge < -0.3 is 19.3 Å². The van der Waals surface area contributed by atoms with Gasteiger partial charge in [0.2, 0.25) is 0 Å². The number of hydrogen-bond acceptors (Lipinski definition) is 6. The van der Waals surface area contributed by atoms with Crippen LogP contribution in [0, 0.1) is 0 Å². The summed E-state index contributed by atoms with van der Waals surface area (Å²) >= 11 is 3.32. The van der Waals surface area contributed by atoms with Gasteiger partial charge in [0.15, 0.2) is 12.4 Å². The first-order valence-corrected chi connectivity index (χ1v) is 10.5. The van der Waals surface area contributed by atoms with Crippen LogP contribution < -0.4 is 9.64 Å². The third kappa shape index (κ3) is 7.40. The van der Waals surface area contributed by atoms with Crippen molar-refractivity contribution in [1.82, 2.24) is 4.90 Å². The molecule has 0 aliphatic heterocycles. The van der Waals surface area contributed by atoms with Crippen molar-refractivity contribution in [2.45, 2.75) is 19.4 Å². The average Bonchev–Trinajstić information content (AvgIpc) is 2.75. The fourth-order valence-electron chi connectivity index (χ4n) is 2.83. The smallest absolute Gasteiger partial charge is 0.306 e. The van der Waals surface area contributed by atoms with Crippen molar-refractivity contribution in [2.75, 3.05) is 39.8 Å². The number of methoxy groups -OCH3 is 1. The Morgan fingerprint density at radius 2 is 1.65 bits per heavy atom. The normalized spacial score (nSPS) is 10.4. The van der Waals surface area contributed by atoms with Gasteiger partial charge in [0, 0.05) is 44.3 Å². The van der Waals surface area contributed by atoms with Gasteiger partial charge in [0.1, 0.15) is 5.75 Å². The Morgan fingerprint density at radius 3 is 2.26 bits per heavy atom. The molecule has 7 nitrogen and oxygen atoms in total. The highest BCUT2D eigenvalue weighted by Gasteiger charge is 2.17. The molecule has 2 rings (SSSR count). The molecule has 0 bridgehead atoms. The molecular formula is C23H27BrN2O5. The summed E-state index contributed by atoms with van der Waals surface area (Å²) in [6.07, 6.45) is -0.147. The number of hydrogen-bond donors (Lipinski definition) is 0. The fourth-order valence-corrected chi connectivity index (χ4v) is 3.20. The Kier molecular flexibility index (Phi) is 9.05. The maximum Gasteiger partial charge on any atom is 0.306 e.